The first-order valence-corrected chi connectivity index (χ1v) is 10.2. The third-order valence-corrected chi connectivity index (χ3v) is 4.76. The number of hydrogen-bond acceptors (Lipinski definition) is 4. The summed E-state index contributed by atoms with van der Waals surface area (Å²) in [5.41, 5.74) is 1.59. The highest BCUT2D eigenvalue weighted by Crippen LogP contribution is 2.23. The summed E-state index contributed by atoms with van der Waals surface area (Å²) in [5.74, 6) is 0.760. The predicted octanol–water partition coefficient (Wildman–Crippen LogP) is 3.91. The number of rotatable bonds is 6. The maximum atomic E-state index is 12.1. The van der Waals surface area contributed by atoms with Gasteiger partial charge in [-0.1, -0.05) is 24.3 Å². The maximum Gasteiger partial charge on any atom is 0.410 e. The summed E-state index contributed by atoms with van der Waals surface area (Å²) in [6.45, 7) is 10.5. The Morgan fingerprint density at radius 1 is 1.23 bits per heavy atom. The molecule has 7 nitrogen and oxygen atoms in total. The average Bonchev–Trinajstić information content (AvgIpc) is 3.08. The van der Waals surface area contributed by atoms with Crippen molar-refractivity contribution >= 4 is 36.0 Å². The second-order valence-corrected chi connectivity index (χ2v) is 8.83. The summed E-state index contributed by atoms with van der Waals surface area (Å²) in [5, 5.41) is 6.68. The molecule has 0 bridgehead atoms. The first-order valence-electron chi connectivity index (χ1n) is 10.2. The van der Waals surface area contributed by atoms with Gasteiger partial charge in [0.15, 0.2) is 5.96 Å². The van der Waals surface area contributed by atoms with Gasteiger partial charge in [0.1, 0.15) is 5.60 Å². The van der Waals surface area contributed by atoms with Crippen molar-refractivity contribution in [2.75, 3.05) is 27.2 Å². The van der Waals surface area contributed by atoms with Gasteiger partial charge in [0.25, 0.3) is 0 Å². The number of guanidine groups is 1. The highest BCUT2D eigenvalue weighted by Gasteiger charge is 2.29. The van der Waals surface area contributed by atoms with Gasteiger partial charge in [-0.3, -0.25) is 4.99 Å². The van der Waals surface area contributed by atoms with Crippen LogP contribution in [0.2, 0.25) is 0 Å². The van der Waals surface area contributed by atoms with Crippen LogP contribution in [-0.2, 0) is 22.6 Å². The molecule has 1 heterocycles. The van der Waals surface area contributed by atoms with E-state index in [0.717, 1.165) is 43.1 Å². The Labute approximate surface area is 198 Å². The summed E-state index contributed by atoms with van der Waals surface area (Å²) >= 11 is 0. The van der Waals surface area contributed by atoms with Gasteiger partial charge in [-0.05, 0) is 51.7 Å². The van der Waals surface area contributed by atoms with Crippen molar-refractivity contribution < 1.29 is 14.3 Å². The van der Waals surface area contributed by atoms with E-state index < -0.39 is 5.60 Å². The van der Waals surface area contributed by atoms with Gasteiger partial charge in [-0.25, -0.2) is 4.79 Å². The SMILES string of the molecule is CN=C(NCc1ccc(CN(C)C(=O)OC(C)(C)C)cc1)NCC1(C)CCCO1.I. The number of benzene rings is 1. The lowest BCUT2D eigenvalue weighted by atomic mass is 10.0. The number of nitrogens with zero attached hydrogens (tertiary/aromatic N) is 2. The second kappa shape index (κ2) is 11.7. The van der Waals surface area contributed by atoms with Crippen LogP contribution < -0.4 is 10.6 Å². The van der Waals surface area contributed by atoms with Crippen LogP contribution in [0.15, 0.2) is 29.3 Å². The van der Waals surface area contributed by atoms with Gasteiger partial charge in [-0.2, -0.15) is 0 Å². The Hall–Kier alpha value is -1.55. The zero-order chi connectivity index (χ0) is 21.5. The Morgan fingerprint density at radius 2 is 1.87 bits per heavy atom. The topological polar surface area (TPSA) is 75.2 Å². The quantitative estimate of drug-likeness (QED) is 0.330. The molecule has 1 aliphatic heterocycles. The first-order chi connectivity index (χ1) is 13.6. The zero-order valence-corrected chi connectivity index (χ0v) is 21.4. The normalized spacial score (nSPS) is 19.1. The molecule has 0 spiro atoms. The van der Waals surface area contributed by atoms with Crippen LogP contribution >= 0.6 is 24.0 Å². The van der Waals surface area contributed by atoms with E-state index in [4.69, 9.17) is 9.47 Å². The summed E-state index contributed by atoms with van der Waals surface area (Å²) in [4.78, 5) is 17.9. The summed E-state index contributed by atoms with van der Waals surface area (Å²) in [6, 6.07) is 8.17. The number of hydrogen-bond donors (Lipinski definition) is 2. The molecule has 1 aromatic rings. The fraction of sp³-hybridized carbons (Fsp3) is 0.636. The summed E-state index contributed by atoms with van der Waals surface area (Å²) in [7, 11) is 3.51. The Morgan fingerprint density at radius 3 is 2.40 bits per heavy atom. The monoisotopic (exact) mass is 532 g/mol. The Bertz CT molecular complexity index is 695. The molecule has 1 fully saturated rings. The van der Waals surface area contributed by atoms with E-state index in [1.807, 2.05) is 32.9 Å². The van der Waals surface area contributed by atoms with E-state index in [2.05, 4.69) is 34.7 Å². The van der Waals surface area contributed by atoms with Crippen LogP contribution in [-0.4, -0.2) is 55.4 Å². The fourth-order valence-electron chi connectivity index (χ4n) is 3.09. The Balaban J connectivity index is 0.00000450. The van der Waals surface area contributed by atoms with Crippen molar-refractivity contribution in [3.05, 3.63) is 35.4 Å². The van der Waals surface area contributed by atoms with E-state index in [1.54, 1.807) is 19.0 Å². The van der Waals surface area contributed by atoms with Crippen molar-refractivity contribution in [3.63, 3.8) is 0 Å². The van der Waals surface area contributed by atoms with Crippen LogP contribution in [0.5, 0.6) is 0 Å². The van der Waals surface area contributed by atoms with E-state index >= 15 is 0 Å². The number of aliphatic imine (C=N–C) groups is 1. The number of carbonyl (C=O) groups is 1. The van der Waals surface area contributed by atoms with E-state index in [9.17, 15) is 4.79 Å². The molecule has 2 N–H and O–H groups in total. The largest absolute Gasteiger partial charge is 0.444 e. The smallest absolute Gasteiger partial charge is 0.410 e. The van der Waals surface area contributed by atoms with E-state index in [-0.39, 0.29) is 35.7 Å². The minimum atomic E-state index is -0.491. The molecule has 1 atom stereocenters. The Kier molecular flexibility index (Phi) is 10.4. The van der Waals surface area contributed by atoms with Crippen LogP contribution in [0.1, 0.15) is 51.7 Å². The lowest BCUT2D eigenvalue weighted by molar-refractivity contribution is 0.0242. The first kappa shape index (κ1) is 26.5. The average molecular weight is 532 g/mol. The number of nitrogens with one attached hydrogen (secondary N) is 2. The molecule has 1 unspecified atom stereocenters. The van der Waals surface area contributed by atoms with Gasteiger partial charge >= 0.3 is 6.09 Å². The third-order valence-electron chi connectivity index (χ3n) is 4.76. The molecular weight excluding hydrogens is 495 g/mol. The summed E-state index contributed by atoms with van der Waals surface area (Å²) in [6.07, 6.45) is 1.86. The van der Waals surface area contributed by atoms with Crippen LogP contribution in [0, 0.1) is 0 Å². The standard InChI is InChI=1S/C22H36N4O3.HI/c1-21(2,3)29-20(27)26(6)15-18-10-8-17(9-11-18)14-24-19(23-5)25-16-22(4)12-7-13-28-22;/h8-11H,7,12-16H2,1-6H3,(H2,23,24,25);1H. The van der Waals surface area contributed by atoms with Crippen molar-refractivity contribution in [1.29, 1.82) is 0 Å². The van der Waals surface area contributed by atoms with E-state index in [0.29, 0.717) is 13.1 Å². The van der Waals surface area contributed by atoms with Crippen LogP contribution in [0.25, 0.3) is 0 Å². The van der Waals surface area contributed by atoms with Crippen LogP contribution in [0.4, 0.5) is 4.79 Å². The van der Waals surface area contributed by atoms with E-state index in [1.165, 1.54) is 0 Å². The van der Waals surface area contributed by atoms with Crippen molar-refractivity contribution in [3.8, 4) is 0 Å². The molecular formula is C22H37IN4O3. The van der Waals surface area contributed by atoms with Gasteiger partial charge < -0.3 is 25.0 Å². The number of carbonyl (C=O) groups excluding carboxylic acids is 1. The van der Waals surface area contributed by atoms with Gasteiger partial charge in [0.05, 0.1) is 5.60 Å². The van der Waals surface area contributed by atoms with Crippen molar-refractivity contribution in [1.82, 2.24) is 15.5 Å². The highest BCUT2D eigenvalue weighted by atomic mass is 127. The maximum absolute atomic E-state index is 12.1. The molecule has 0 aliphatic carbocycles. The number of amides is 1. The van der Waals surface area contributed by atoms with Gasteiger partial charge in [0.2, 0.25) is 0 Å². The number of ether oxygens (including phenoxy) is 2. The highest BCUT2D eigenvalue weighted by molar-refractivity contribution is 14.0. The van der Waals surface area contributed by atoms with Crippen molar-refractivity contribution in [2.24, 2.45) is 4.99 Å². The molecule has 1 amide bonds. The minimum absolute atomic E-state index is 0. The predicted molar refractivity (Wildman–Crippen MR) is 131 cm³/mol. The molecule has 1 saturated heterocycles. The van der Waals surface area contributed by atoms with Crippen LogP contribution in [0.3, 0.4) is 0 Å². The molecule has 0 aromatic heterocycles. The second-order valence-electron chi connectivity index (χ2n) is 8.83. The van der Waals surface area contributed by atoms with Gasteiger partial charge in [-0.15, -0.1) is 24.0 Å². The molecule has 1 aliphatic rings. The molecule has 0 saturated carbocycles. The fourth-order valence-corrected chi connectivity index (χ4v) is 3.09. The number of halogens is 1. The van der Waals surface area contributed by atoms with Crippen molar-refractivity contribution in [2.45, 2.75) is 64.8 Å². The lowest BCUT2D eigenvalue weighted by Gasteiger charge is -2.25. The molecule has 0 radical (unpaired) electrons. The minimum Gasteiger partial charge on any atom is -0.444 e. The molecule has 2 rings (SSSR count). The molecule has 30 heavy (non-hydrogen) atoms. The molecule has 8 heteroatoms. The zero-order valence-electron chi connectivity index (χ0n) is 19.1. The lowest BCUT2D eigenvalue weighted by Crippen LogP contribution is -2.45. The molecule has 170 valence electrons. The van der Waals surface area contributed by atoms with Gasteiger partial charge in [0, 0.05) is 40.3 Å². The third kappa shape index (κ3) is 9.07. The molecule has 1 aromatic carbocycles. The summed E-state index contributed by atoms with van der Waals surface area (Å²) < 4.78 is 11.2.